The fourth-order valence-corrected chi connectivity index (χ4v) is 2.46. The standard InChI is InChI=1S/C17H24N2O/c1-3-19(4-2)11-12-20-17-10-9-14(13-18)15-7-5-6-8-16(15)17/h5-10H,3-4,11-13,18H2,1-2H3. The molecule has 0 spiro atoms. The molecule has 0 radical (unpaired) electrons. The van der Waals surface area contributed by atoms with Crippen molar-refractivity contribution < 1.29 is 4.74 Å². The number of likely N-dealkylation sites (N-methyl/N-ethyl adjacent to an activating group) is 1. The Morgan fingerprint density at radius 3 is 2.35 bits per heavy atom. The molecule has 0 aliphatic heterocycles. The van der Waals surface area contributed by atoms with E-state index in [1.165, 1.54) is 5.39 Å². The lowest BCUT2D eigenvalue weighted by Gasteiger charge is -2.18. The van der Waals surface area contributed by atoms with Gasteiger partial charge in [-0.2, -0.15) is 0 Å². The summed E-state index contributed by atoms with van der Waals surface area (Å²) >= 11 is 0. The normalized spacial score (nSPS) is 11.2. The van der Waals surface area contributed by atoms with Gasteiger partial charge < -0.3 is 15.4 Å². The first-order valence-electron chi connectivity index (χ1n) is 7.36. The summed E-state index contributed by atoms with van der Waals surface area (Å²) in [5, 5.41) is 2.34. The molecule has 0 saturated carbocycles. The zero-order valence-electron chi connectivity index (χ0n) is 12.4. The number of hydrogen-bond donors (Lipinski definition) is 1. The van der Waals surface area contributed by atoms with Gasteiger partial charge in [0.05, 0.1) is 0 Å². The van der Waals surface area contributed by atoms with Crippen LogP contribution in [0.1, 0.15) is 19.4 Å². The van der Waals surface area contributed by atoms with E-state index in [0.717, 1.165) is 36.3 Å². The fourth-order valence-electron chi connectivity index (χ4n) is 2.46. The van der Waals surface area contributed by atoms with Gasteiger partial charge in [-0.1, -0.05) is 44.2 Å². The highest BCUT2D eigenvalue weighted by atomic mass is 16.5. The second kappa shape index (κ2) is 7.27. The Hall–Kier alpha value is -1.58. The number of rotatable bonds is 7. The molecule has 3 heteroatoms. The summed E-state index contributed by atoms with van der Waals surface area (Å²) in [5.41, 5.74) is 6.96. The monoisotopic (exact) mass is 272 g/mol. The quantitative estimate of drug-likeness (QED) is 0.842. The Labute approximate surface area is 121 Å². The second-order valence-corrected chi connectivity index (χ2v) is 4.85. The minimum atomic E-state index is 0.556. The van der Waals surface area contributed by atoms with Crippen molar-refractivity contribution in [2.75, 3.05) is 26.2 Å². The molecule has 2 N–H and O–H groups in total. The second-order valence-electron chi connectivity index (χ2n) is 4.85. The van der Waals surface area contributed by atoms with Crippen molar-refractivity contribution >= 4 is 10.8 Å². The van der Waals surface area contributed by atoms with E-state index in [1.54, 1.807) is 0 Å². The first-order chi connectivity index (χ1) is 9.80. The highest BCUT2D eigenvalue weighted by Gasteiger charge is 2.06. The highest BCUT2D eigenvalue weighted by molar-refractivity contribution is 5.91. The largest absolute Gasteiger partial charge is 0.492 e. The molecule has 0 saturated heterocycles. The third-order valence-corrected chi connectivity index (χ3v) is 3.75. The number of nitrogens with two attached hydrogens (primary N) is 1. The summed E-state index contributed by atoms with van der Waals surface area (Å²) in [4.78, 5) is 2.36. The van der Waals surface area contributed by atoms with Gasteiger partial charge in [0.15, 0.2) is 0 Å². The molecule has 0 aliphatic carbocycles. The fraction of sp³-hybridized carbons (Fsp3) is 0.412. The molecular weight excluding hydrogens is 248 g/mol. The van der Waals surface area contributed by atoms with E-state index in [2.05, 4.69) is 36.9 Å². The maximum atomic E-state index is 5.97. The van der Waals surface area contributed by atoms with Gasteiger partial charge in [-0.15, -0.1) is 0 Å². The van der Waals surface area contributed by atoms with Crippen LogP contribution in [0.25, 0.3) is 10.8 Å². The number of ether oxygens (including phenoxy) is 1. The van der Waals surface area contributed by atoms with Crippen molar-refractivity contribution in [3.8, 4) is 5.75 Å². The van der Waals surface area contributed by atoms with Crippen LogP contribution in [0.2, 0.25) is 0 Å². The number of nitrogens with zero attached hydrogens (tertiary/aromatic N) is 1. The molecule has 2 aromatic carbocycles. The van der Waals surface area contributed by atoms with Crippen LogP contribution in [-0.2, 0) is 6.54 Å². The van der Waals surface area contributed by atoms with Crippen molar-refractivity contribution in [2.24, 2.45) is 5.73 Å². The van der Waals surface area contributed by atoms with Gasteiger partial charge in [0.1, 0.15) is 12.4 Å². The van der Waals surface area contributed by atoms with Gasteiger partial charge in [-0.3, -0.25) is 0 Å². The van der Waals surface area contributed by atoms with Gasteiger partial charge in [0, 0.05) is 18.5 Å². The lowest BCUT2D eigenvalue weighted by atomic mass is 10.0. The van der Waals surface area contributed by atoms with Gasteiger partial charge in [0.2, 0.25) is 0 Å². The van der Waals surface area contributed by atoms with E-state index < -0.39 is 0 Å². The average molecular weight is 272 g/mol. The molecular formula is C17H24N2O. The van der Waals surface area contributed by atoms with Crippen LogP contribution in [0.15, 0.2) is 36.4 Å². The molecule has 0 aliphatic rings. The van der Waals surface area contributed by atoms with E-state index in [4.69, 9.17) is 10.5 Å². The summed E-state index contributed by atoms with van der Waals surface area (Å²) < 4.78 is 5.97. The van der Waals surface area contributed by atoms with Crippen LogP contribution in [0, 0.1) is 0 Å². The van der Waals surface area contributed by atoms with E-state index in [9.17, 15) is 0 Å². The van der Waals surface area contributed by atoms with Crippen LogP contribution < -0.4 is 10.5 Å². The van der Waals surface area contributed by atoms with Gasteiger partial charge in [0.25, 0.3) is 0 Å². The molecule has 0 bridgehead atoms. The highest BCUT2D eigenvalue weighted by Crippen LogP contribution is 2.28. The number of benzene rings is 2. The van der Waals surface area contributed by atoms with Crippen molar-refractivity contribution in [3.63, 3.8) is 0 Å². The summed E-state index contributed by atoms with van der Waals surface area (Å²) in [5.74, 6) is 0.949. The zero-order valence-corrected chi connectivity index (χ0v) is 12.4. The summed E-state index contributed by atoms with van der Waals surface area (Å²) in [6.07, 6.45) is 0. The Morgan fingerprint density at radius 1 is 1.00 bits per heavy atom. The topological polar surface area (TPSA) is 38.5 Å². The Bertz CT molecular complexity index is 550. The molecule has 20 heavy (non-hydrogen) atoms. The molecule has 0 heterocycles. The van der Waals surface area contributed by atoms with Crippen LogP contribution >= 0.6 is 0 Å². The van der Waals surface area contributed by atoms with Gasteiger partial charge in [-0.25, -0.2) is 0 Å². The van der Waals surface area contributed by atoms with Crippen LogP contribution in [0.4, 0.5) is 0 Å². The lowest BCUT2D eigenvalue weighted by molar-refractivity contribution is 0.224. The van der Waals surface area contributed by atoms with E-state index in [0.29, 0.717) is 13.2 Å². The molecule has 0 aromatic heterocycles. The van der Waals surface area contributed by atoms with Crippen LogP contribution in [-0.4, -0.2) is 31.1 Å². The summed E-state index contributed by atoms with van der Waals surface area (Å²) in [7, 11) is 0. The maximum Gasteiger partial charge on any atom is 0.127 e. The zero-order chi connectivity index (χ0) is 14.4. The molecule has 3 nitrogen and oxygen atoms in total. The molecule has 2 rings (SSSR count). The van der Waals surface area contributed by atoms with Crippen molar-refractivity contribution in [1.82, 2.24) is 4.90 Å². The summed E-state index contributed by atoms with van der Waals surface area (Å²) in [6, 6.07) is 12.4. The molecule has 0 fully saturated rings. The van der Waals surface area contributed by atoms with Gasteiger partial charge in [-0.05, 0) is 30.1 Å². The Balaban J connectivity index is 2.15. The Morgan fingerprint density at radius 2 is 1.70 bits per heavy atom. The Kier molecular flexibility index (Phi) is 5.39. The third kappa shape index (κ3) is 3.30. The van der Waals surface area contributed by atoms with Crippen LogP contribution in [0.3, 0.4) is 0 Å². The maximum absolute atomic E-state index is 5.97. The van der Waals surface area contributed by atoms with E-state index in [1.807, 2.05) is 18.2 Å². The predicted molar refractivity (Wildman–Crippen MR) is 85.1 cm³/mol. The number of fused-ring (bicyclic) bond motifs is 1. The van der Waals surface area contributed by atoms with Gasteiger partial charge >= 0.3 is 0 Å². The third-order valence-electron chi connectivity index (χ3n) is 3.75. The molecule has 0 unspecified atom stereocenters. The minimum absolute atomic E-state index is 0.556. The first-order valence-corrected chi connectivity index (χ1v) is 7.36. The first kappa shape index (κ1) is 14.8. The minimum Gasteiger partial charge on any atom is -0.492 e. The predicted octanol–water partition coefficient (Wildman–Crippen LogP) is 3.02. The molecule has 0 amide bonds. The summed E-state index contributed by atoms with van der Waals surface area (Å²) in [6.45, 7) is 8.71. The smallest absolute Gasteiger partial charge is 0.127 e. The van der Waals surface area contributed by atoms with Crippen LogP contribution in [0.5, 0.6) is 5.75 Å². The van der Waals surface area contributed by atoms with Crippen molar-refractivity contribution in [2.45, 2.75) is 20.4 Å². The average Bonchev–Trinajstić information content (AvgIpc) is 2.51. The molecule has 108 valence electrons. The van der Waals surface area contributed by atoms with E-state index in [-0.39, 0.29) is 0 Å². The SMILES string of the molecule is CCN(CC)CCOc1ccc(CN)c2ccccc12. The van der Waals surface area contributed by atoms with Crippen molar-refractivity contribution in [3.05, 3.63) is 42.0 Å². The lowest BCUT2D eigenvalue weighted by Crippen LogP contribution is -2.27. The van der Waals surface area contributed by atoms with Crippen molar-refractivity contribution in [1.29, 1.82) is 0 Å². The molecule has 2 aromatic rings. The number of hydrogen-bond acceptors (Lipinski definition) is 3. The molecule has 0 atom stereocenters. The van der Waals surface area contributed by atoms with E-state index >= 15 is 0 Å².